The van der Waals surface area contributed by atoms with Gasteiger partial charge in [-0.2, -0.15) is 0 Å². The molecule has 0 aliphatic heterocycles. The summed E-state index contributed by atoms with van der Waals surface area (Å²) >= 11 is 1.99. The van der Waals surface area contributed by atoms with E-state index in [1.807, 2.05) is 11.8 Å². The highest BCUT2D eigenvalue weighted by Crippen LogP contribution is 2.44. The molecule has 0 spiro atoms. The normalized spacial score (nSPS) is 30.2. The van der Waals surface area contributed by atoms with Crippen molar-refractivity contribution in [3.63, 3.8) is 0 Å². The lowest BCUT2D eigenvalue weighted by atomic mass is 9.82. The van der Waals surface area contributed by atoms with E-state index in [-0.39, 0.29) is 0 Å². The van der Waals surface area contributed by atoms with Gasteiger partial charge in [0.1, 0.15) is 0 Å². The molecule has 1 fully saturated rings. The van der Waals surface area contributed by atoms with Gasteiger partial charge < -0.3 is 5.73 Å². The summed E-state index contributed by atoms with van der Waals surface area (Å²) in [6.45, 7) is 3.16. The van der Waals surface area contributed by atoms with Crippen molar-refractivity contribution in [2.75, 3.05) is 6.54 Å². The first-order valence-corrected chi connectivity index (χ1v) is 7.00. The van der Waals surface area contributed by atoms with E-state index in [1.54, 1.807) is 0 Å². The van der Waals surface area contributed by atoms with Gasteiger partial charge in [-0.15, -0.1) is 11.8 Å². The molecule has 1 aliphatic carbocycles. The third-order valence-electron chi connectivity index (χ3n) is 3.64. The summed E-state index contributed by atoms with van der Waals surface area (Å²) in [5.74, 6) is 0.885. The summed E-state index contributed by atoms with van der Waals surface area (Å²) in [7, 11) is 0. The molecule has 2 rings (SSSR count). The van der Waals surface area contributed by atoms with Crippen LogP contribution in [0, 0.1) is 5.92 Å². The Morgan fingerprint density at radius 3 is 2.44 bits per heavy atom. The van der Waals surface area contributed by atoms with Crippen molar-refractivity contribution in [1.82, 2.24) is 0 Å². The quantitative estimate of drug-likeness (QED) is 0.864. The SMILES string of the molecule is CC1CCC(CN)(Sc2ccccc2)CC1. The molecule has 0 bridgehead atoms. The second-order valence-corrected chi connectivity index (χ2v) is 6.53. The largest absolute Gasteiger partial charge is 0.329 e. The van der Waals surface area contributed by atoms with E-state index in [0.717, 1.165) is 12.5 Å². The molecule has 2 N–H and O–H groups in total. The molecule has 0 amide bonds. The Bertz CT molecular complexity index is 315. The summed E-state index contributed by atoms with van der Waals surface area (Å²) in [4.78, 5) is 1.36. The third kappa shape index (κ3) is 2.80. The van der Waals surface area contributed by atoms with Gasteiger partial charge in [0.2, 0.25) is 0 Å². The van der Waals surface area contributed by atoms with Crippen LogP contribution in [0.3, 0.4) is 0 Å². The summed E-state index contributed by atoms with van der Waals surface area (Å²) in [6.07, 6.45) is 5.20. The van der Waals surface area contributed by atoms with Crippen molar-refractivity contribution in [3.05, 3.63) is 30.3 Å². The molecule has 1 aromatic rings. The van der Waals surface area contributed by atoms with E-state index in [0.29, 0.717) is 4.75 Å². The number of hydrogen-bond donors (Lipinski definition) is 1. The highest BCUT2D eigenvalue weighted by molar-refractivity contribution is 8.00. The molecular weight excluding hydrogens is 214 g/mol. The number of thioether (sulfide) groups is 1. The molecule has 0 aromatic heterocycles. The van der Waals surface area contributed by atoms with Crippen LogP contribution in [0.1, 0.15) is 32.6 Å². The molecule has 0 heterocycles. The highest BCUT2D eigenvalue weighted by atomic mass is 32.2. The van der Waals surface area contributed by atoms with Gasteiger partial charge in [-0.1, -0.05) is 25.1 Å². The Hall–Kier alpha value is -0.470. The molecule has 1 nitrogen and oxygen atoms in total. The third-order valence-corrected chi connectivity index (χ3v) is 5.15. The second-order valence-electron chi connectivity index (χ2n) is 4.98. The van der Waals surface area contributed by atoms with Gasteiger partial charge in [-0.05, 0) is 43.7 Å². The number of rotatable bonds is 3. The zero-order valence-corrected chi connectivity index (χ0v) is 10.8. The van der Waals surface area contributed by atoms with Crippen LogP contribution in [0.15, 0.2) is 35.2 Å². The maximum Gasteiger partial charge on any atom is 0.0329 e. The average Bonchev–Trinajstić information content (AvgIpc) is 2.34. The van der Waals surface area contributed by atoms with E-state index in [1.165, 1.54) is 30.6 Å². The number of nitrogens with two attached hydrogens (primary N) is 1. The van der Waals surface area contributed by atoms with Crippen molar-refractivity contribution >= 4 is 11.8 Å². The van der Waals surface area contributed by atoms with Crippen LogP contribution in [0.4, 0.5) is 0 Å². The van der Waals surface area contributed by atoms with E-state index < -0.39 is 0 Å². The number of benzene rings is 1. The Balaban J connectivity index is 2.05. The fourth-order valence-electron chi connectivity index (χ4n) is 2.37. The monoisotopic (exact) mass is 235 g/mol. The molecule has 0 saturated heterocycles. The standard InChI is InChI=1S/C14H21NS/c1-12-7-9-14(11-15,10-8-12)16-13-5-3-2-4-6-13/h2-6,12H,7-11,15H2,1H3. The van der Waals surface area contributed by atoms with Crippen LogP contribution in [-0.4, -0.2) is 11.3 Å². The highest BCUT2D eigenvalue weighted by Gasteiger charge is 2.33. The van der Waals surface area contributed by atoms with E-state index in [2.05, 4.69) is 37.3 Å². The average molecular weight is 235 g/mol. The first kappa shape index (κ1) is 12.0. The summed E-state index contributed by atoms with van der Waals surface area (Å²) in [5, 5.41) is 0. The van der Waals surface area contributed by atoms with Crippen LogP contribution in [0.5, 0.6) is 0 Å². The molecule has 1 aliphatic rings. The minimum Gasteiger partial charge on any atom is -0.329 e. The lowest BCUT2D eigenvalue weighted by Gasteiger charge is -2.38. The van der Waals surface area contributed by atoms with Crippen molar-refractivity contribution in [2.45, 2.75) is 42.2 Å². The predicted molar refractivity (Wildman–Crippen MR) is 71.7 cm³/mol. The molecule has 88 valence electrons. The van der Waals surface area contributed by atoms with Crippen molar-refractivity contribution in [1.29, 1.82) is 0 Å². The molecule has 1 aromatic carbocycles. The van der Waals surface area contributed by atoms with Crippen molar-refractivity contribution in [2.24, 2.45) is 11.7 Å². The van der Waals surface area contributed by atoms with Gasteiger partial charge in [-0.25, -0.2) is 0 Å². The smallest absolute Gasteiger partial charge is 0.0329 e. The predicted octanol–water partition coefficient (Wildman–Crippen LogP) is 3.69. The van der Waals surface area contributed by atoms with Gasteiger partial charge in [0, 0.05) is 16.2 Å². The minimum absolute atomic E-state index is 0.299. The van der Waals surface area contributed by atoms with E-state index in [9.17, 15) is 0 Å². The van der Waals surface area contributed by atoms with Crippen LogP contribution in [0.2, 0.25) is 0 Å². The van der Waals surface area contributed by atoms with Gasteiger partial charge >= 0.3 is 0 Å². The molecule has 0 unspecified atom stereocenters. The van der Waals surface area contributed by atoms with Crippen molar-refractivity contribution < 1.29 is 0 Å². The maximum absolute atomic E-state index is 6.01. The number of hydrogen-bond acceptors (Lipinski definition) is 2. The maximum atomic E-state index is 6.01. The Morgan fingerprint density at radius 2 is 1.88 bits per heavy atom. The van der Waals surface area contributed by atoms with E-state index in [4.69, 9.17) is 5.73 Å². The Labute approximate surface area is 103 Å². The van der Waals surface area contributed by atoms with Crippen LogP contribution < -0.4 is 5.73 Å². The fourth-order valence-corrected chi connectivity index (χ4v) is 3.69. The Kier molecular flexibility index (Phi) is 3.93. The summed E-state index contributed by atoms with van der Waals surface area (Å²) in [6, 6.07) is 10.7. The van der Waals surface area contributed by atoms with Gasteiger partial charge in [0.25, 0.3) is 0 Å². The molecular formula is C14H21NS. The second kappa shape index (κ2) is 5.24. The first-order chi connectivity index (χ1) is 7.74. The van der Waals surface area contributed by atoms with Gasteiger partial charge in [0.05, 0.1) is 0 Å². The molecule has 0 atom stereocenters. The molecule has 2 heteroatoms. The lowest BCUT2D eigenvalue weighted by Crippen LogP contribution is -2.37. The molecule has 1 saturated carbocycles. The lowest BCUT2D eigenvalue weighted by molar-refractivity contribution is 0.323. The zero-order chi connectivity index (χ0) is 11.4. The van der Waals surface area contributed by atoms with Crippen LogP contribution in [0.25, 0.3) is 0 Å². The van der Waals surface area contributed by atoms with E-state index >= 15 is 0 Å². The minimum atomic E-state index is 0.299. The molecule has 0 radical (unpaired) electrons. The molecule has 16 heavy (non-hydrogen) atoms. The van der Waals surface area contributed by atoms with Gasteiger partial charge in [0.15, 0.2) is 0 Å². The Morgan fingerprint density at radius 1 is 1.25 bits per heavy atom. The van der Waals surface area contributed by atoms with Crippen molar-refractivity contribution in [3.8, 4) is 0 Å². The zero-order valence-electron chi connectivity index (χ0n) is 9.99. The van der Waals surface area contributed by atoms with Crippen LogP contribution >= 0.6 is 11.8 Å². The van der Waals surface area contributed by atoms with Crippen LogP contribution in [-0.2, 0) is 0 Å². The topological polar surface area (TPSA) is 26.0 Å². The fraction of sp³-hybridized carbons (Fsp3) is 0.571. The van der Waals surface area contributed by atoms with Gasteiger partial charge in [-0.3, -0.25) is 0 Å². The first-order valence-electron chi connectivity index (χ1n) is 6.18. The summed E-state index contributed by atoms with van der Waals surface area (Å²) in [5.41, 5.74) is 6.01. The summed E-state index contributed by atoms with van der Waals surface area (Å²) < 4.78 is 0.299.